The van der Waals surface area contributed by atoms with Crippen LogP contribution in [0.4, 0.5) is 0 Å². The quantitative estimate of drug-likeness (QED) is 0.598. The predicted molar refractivity (Wildman–Crippen MR) is 78.9 cm³/mol. The van der Waals surface area contributed by atoms with Gasteiger partial charge in [-0.25, -0.2) is 0 Å². The summed E-state index contributed by atoms with van der Waals surface area (Å²) >= 11 is 0. The minimum Gasteiger partial charge on any atom is -0.374 e. The molecule has 0 aromatic rings. The molecule has 2 atom stereocenters. The van der Waals surface area contributed by atoms with E-state index in [0.29, 0.717) is 11.8 Å². The first kappa shape index (κ1) is 17.7. The molecule has 0 aliphatic heterocycles. The molecule has 0 spiro atoms. The first-order valence-electron chi connectivity index (χ1n) is 6.97. The molecule has 18 heavy (non-hydrogen) atoms. The summed E-state index contributed by atoms with van der Waals surface area (Å²) in [5.41, 5.74) is -0.407. The number of methoxy groups -OCH3 is 2. The third kappa shape index (κ3) is 6.55. The fourth-order valence-corrected chi connectivity index (χ4v) is 2.41. The van der Waals surface area contributed by atoms with Gasteiger partial charge in [0.15, 0.2) is 0 Å². The van der Waals surface area contributed by atoms with E-state index in [-0.39, 0.29) is 11.2 Å². The summed E-state index contributed by atoms with van der Waals surface area (Å²) in [6, 6.07) is 0. The average Bonchev–Trinajstić information content (AvgIpc) is 2.25. The highest BCUT2D eigenvalue weighted by molar-refractivity contribution is 5.08. The molecular weight excluding hydrogens is 224 g/mol. The molecule has 0 aromatic carbocycles. The molecule has 0 aliphatic rings. The molecule has 0 radical (unpaired) electrons. The van der Waals surface area contributed by atoms with E-state index in [1.165, 1.54) is 0 Å². The van der Waals surface area contributed by atoms with Crippen LogP contribution in [0, 0.1) is 11.8 Å². The van der Waals surface area contributed by atoms with Crippen molar-refractivity contribution in [3.8, 4) is 0 Å². The first-order chi connectivity index (χ1) is 8.16. The van der Waals surface area contributed by atoms with Gasteiger partial charge in [-0.05, 0) is 38.5 Å². The van der Waals surface area contributed by atoms with Crippen LogP contribution in [0.25, 0.3) is 0 Å². The van der Waals surface area contributed by atoms with Gasteiger partial charge in [0.25, 0.3) is 0 Å². The first-order valence-corrected chi connectivity index (χ1v) is 6.97. The lowest BCUT2D eigenvalue weighted by molar-refractivity contribution is 0.0163. The lowest BCUT2D eigenvalue weighted by atomic mass is 9.88. The van der Waals surface area contributed by atoms with Crippen molar-refractivity contribution in [1.29, 1.82) is 0 Å². The lowest BCUT2D eigenvalue weighted by Gasteiger charge is -2.31. The molecule has 2 unspecified atom stereocenters. The molecule has 108 valence electrons. The number of hydrogen-bond donors (Lipinski definition) is 0. The maximum Gasteiger partial charge on any atom is 0.0834 e. The molecule has 0 aromatic heterocycles. The van der Waals surface area contributed by atoms with Crippen LogP contribution in [0.15, 0.2) is 12.2 Å². The topological polar surface area (TPSA) is 18.5 Å². The second-order valence-electron chi connectivity index (χ2n) is 6.56. The van der Waals surface area contributed by atoms with Crippen molar-refractivity contribution >= 4 is 0 Å². The fourth-order valence-electron chi connectivity index (χ4n) is 2.41. The van der Waals surface area contributed by atoms with Crippen molar-refractivity contribution in [3.63, 3.8) is 0 Å². The van der Waals surface area contributed by atoms with Gasteiger partial charge in [-0.1, -0.05) is 39.8 Å². The normalized spacial score (nSPS) is 19.4. The van der Waals surface area contributed by atoms with E-state index >= 15 is 0 Å². The van der Waals surface area contributed by atoms with Crippen molar-refractivity contribution in [3.05, 3.63) is 12.2 Å². The third-order valence-electron chi connectivity index (χ3n) is 3.35. The van der Waals surface area contributed by atoms with Crippen molar-refractivity contribution < 1.29 is 9.47 Å². The largest absolute Gasteiger partial charge is 0.374 e. The van der Waals surface area contributed by atoms with Crippen LogP contribution in [0.2, 0.25) is 0 Å². The van der Waals surface area contributed by atoms with Gasteiger partial charge in [-0.15, -0.1) is 0 Å². The fraction of sp³-hybridized carbons (Fsp3) is 0.875. The van der Waals surface area contributed by atoms with Crippen LogP contribution in [-0.2, 0) is 9.47 Å². The van der Waals surface area contributed by atoms with Crippen LogP contribution in [-0.4, -0.2) is 25.4 Å². The maximum atomic E-state index is 5.65. The van der Waals surface area contributed by atoms with Gasteiger partial charge in [0.05, 0.1) is 11.2 Å². The van der Waals surface area contributed by atoms with Crippen LogP contribution in [0.5, 0.6) is 0 Å². The van der Waals surface area contributed by atoms with E-state index < -0.39 is 0 Å². The predicted octanol–water partition coefficient (Wildman–Crippen LogP) is 4.45. The molecular formula is C16H32O2. The molecule has 2 nitrogen and oxygen atoms in total. The highest BCUT2D eigenvalue weighted by atomic mass is 16.5. The Kier molecular flexibility index (Phi) is 7.16. The van der Waals surface area contributed by atoms with Crippen LogP contribution in [0.3, 0.4) is 0 Å². The van der Waals surface area contributed by atoms with Crippen LogP contribution in [0.1, 0.15) is 54.4 Å². The van der Waals surface area contributed by atoms with Gasteiger partial charge in [-0.2, -0.15) is 0 Å². The summed E-state index contributed by atoms with van der Waals surface area (Å²) in [7, 11) is 3.55. The second-order valence-corrected chi connectivity index (χ2v) is 6.56. The third-order valence-corrected chi connectivity index (χ3v) is 3.35. The van der Waals surface area contributed by atoms with Gasteiger partial charge < -0.3 is 9.47 Å². The Balaban J connectivity index is 4.83. The summed E-state index contributed by atoms with van der Waals surface area (Å²) in [6.07, 6.45) is 6.36. The molecule has 0 saturated carbocycles. The van der Waals surface area contributed by atoms with Gasteiger partial charge in [0, 0.05) is 14.2 Å². The summed E-state index contributed by atoms with van der Waals surface area (Å²) in [4.78, 5) is 0. The molecule has 0 saturated heterocycles. The molecule has 0 bridgehead atoms. The number of ether oxygens (including phenoxy) is 2. The van der Waals surface area contributed by atoms with E-state index in [9.17, 15) is 0 Å². The second kappa shape index (κ2) is 7.30. The Bertz CT molecular complexity index is 232. The van der Waals surface area contributed by atoms with Crippen molar-refractivity contribution in [2.24, 2.45) is 11.8 Å². The van der Waals surface area contributed by atoms with E-state index in [1.54, 1.807) is 14.2 Å². The minimum atomic E-state index is -0.203. The maximum absolute atomic E-state index is 5.65. The average molecular weight is 256 g/mol. The zero-order valence-corrected chi connectivity index (χ0v) is 13.5. The van der Waals surface area contributed by atoms with Crippen molar-refractivity contribution in [2.75, 3.05) is 14.2 Å². The van der Waals surface area contributed by atoms with E-state index in [4.69, 9.17) is 9.47 Å². The highest BCUT2D eigenvalue weighted by Crippen LogP contribution is 2.27. The smallest absolute Gasteiger partial charge is 0.0834 e. The zero-order chi connectivity index (χ0) is 14.4. The summed E-state index contributed by atoms with van der Waals surface area (Å²) in [6.45, 7) is 13.1. The number of hydrogen-bond acceptors (Lipinski definition) is 2. The Morgan fingerprint density at radius 2 is 1.06 bits per heavy atom. The SMILES string of the molecule is COC(C)(/C=C/C(C)(CC(C)C)OC)CC(C)C. The van der Waals surface area contributed by atoms with Gasteiger partial charge in [0.2, 0.25) is 0 Å². The summed E-state index contributed by atoms with van der Waals surface area (Å²) < 4.78 is 11.3. The van der Waals surface area contributed by atoms with E-state index in [0.717, 1.165) is 12.8 Å². The van der Waals surface area contributed by atoms with Crippen LogP contribution < -0.4 is 0 Å². The van der Waals surface area contributed by atoms with E-state index in [2.05, 4.69) is 53.7 Å². The Morgan fingerprint density at radius 3 is 1.22 bits per heavy atom. The Hall–Kier alpha value is -0.340. The molecule has 0 amide bonds. The molecule has 2 heteroatoms. The van der Waals surface area contributed by atoms with Crippen LogP contribution >= 0.6 is 0 Å². The molecule has 0 heterocycles. The zero-order valence-electron chi connectivity index (χ0n) is 13.5. The summed E-state index contributed by atoms with van der Waals surface area (Å²) in [5.74, 6) is 1.22. The molecule has 0 fully saturated rings. The standard InChI is InChI=1S/C16H32O2/c1-13(2)11-15(5,17-7)9-10-16(6,18-8)12-14(3)4/h9-10,13-14H,11-12H2,1-8H3/b10-9+. The highest BCUT2D eigenvalue weighted by Gasteiger charge is 2.26. The molecule has 0 N–H and O–H groups in total. The lowest BCUT2D eigenvalue weighted by Crippen LogP contribution is -2.31. The van der Waals surface area contributed by atoms with E-state index in [1.807, 2.05) is 0 Å². The molecule has 0 aliphatic carbocycles. The summed E-state index contributed by atoms with van der Waals surface area (Å²) in [5, 5.41) is 0. The number of rotatable bonds is 8. The van der Waals surface area contributed by atoms with Gasteiger partial charge >= 0.3 is 0 Å². The van der Waals surface area contributed by atoms with Crippen molar-refractivity contribution in [1.82, 2.24) is 0 Å². The monoisotopic (exact) mass is 256 g/mol. The Labute approximate surface area is 114 Å². The van der Waals surface area contributed by atoms with Gasteiger partial charge in [-0.3, -0.25) is 0 Å². The Morgan fingerprint density at radius 1 is 0.778 bits per heavy atom. The van der Waals surface area contributed by atoms with Crippen molar-refractivity contribution in [2.45, 2.75) is 65.6 Å². The van der Waals surface area contributed by atoms with Gasteiger partial charge in [0.1, 0.15) is 0 Å². The minimum absolute atomic E-state index is 0.203. The molecule has 0 rings (SSSR count).